The molecule has 0 heterocycles. The Bertz CT molecular complexity index is 486. The molecule has 116 valence electrons. The maximum absolute atomic E-state index is 11.5. The van der Waals surface area contributed by atoms with E-state index in [4.69, 9.17) is 4.74 Å². The van der Waals surface area contributed by atoms with Gasteiger partial charge in [0.05, 0.1) is 7.11 Å². The van der Waals surface area contributed by atoms with Crippen LogP contribution in [0, 0.1) is 5.92 Å². The fraction of sp³-hybridized carbons (Fsp3) is 0.588. The lowest BCUT2D eigenvalue weighted by Gasteiger charge is -2.27. The van der Waals surface area contributed by atoms with Crippen LogP contribution in [0.1, 0.15) is 43.9 Å². The Labute approximate surface area is 127 Å². The second kappa shape index (κ2) is 7.46. The van der Waals surface area contributed by atoms with E-state index in [0.717, 1.165) is 25.1 Å². The van der Waals surface area contributed by atoms with Gasteiger partial charge < -0.3 is 15.4 Å². The molecule has 0 radical (unpaired) electrons. The van der Waals surface area contributed by atoms with Gasteiger partial charge in [0.25, 0.3) is 0 Å². The van der Waals surface area contributed by atoms with Crippen LogP contribution in [0.3, 0.4) is 0 Å². The highest BCUT2D eigenvalue weighted by molar-refractivity contribution is 5.77. The maximum atomic E-state index is 11.5. The number of carbonyl (C=O) groups is 1. The summed E-state index contributed by atoms with van der Waals surface area (Å²) in [6, 6.07) is 6.72. The summed E-state index contributed by atoms with van der Waals surface area (Å²) in [5.41, 5.74) is 2.75. The summed E-state index contributed by atoms with van der Waals surface area (Å²) in [6.45, 7) is 5.30. The summed E-state index contributed by atoms with van der Waals surface area (Å²) < 4.78 is 5.29. The van der Waals surface area contributed by atoms with Gasteiger partial charge in [-0.25, -0.2) is 0 Å². The third-order valence-corrected chi connectivity index (χ3v) is 4.00. The van der Waals surface area contributed by atoms with E-state index in [1.54, 1.807) is 7.11 Å². The van der Waals surface area contributed by atoms with Gasteiger partial charge in [-0.15, -0.1) is 0 Å². The highest BCUT2D eigenvalue weighted by Crippen LogP contribution is 2.31. The van der Waals surface area contributed by atoms with Crippen LogP contribution in [0.4, 0.5) is 0 Å². The summed E-state index contributed by atoms with van der Waals surface area (Å²) in [6.07, 6.45) is 3.46. The number of carbonyl (C=O) groups excluding carboxylic acids is 1. The predicted octanol–water partition coefficient (Wildman–Crippen LogP) is 2.43. The molecule has 1 aromatic carbocycles. The summed E-state index contributed by atoms with van der Waals surface area (Å²) >= 11 is 0. The van der Waals surface area contributed by atoms with Crippen molar-refractivity contribution in [1.82, 2.24) is 10.6 Å². The molecular weight excluding hydrogens is 264 g/mol. The van der Waals surface area contributed by atoms with Crippen molar-refractivity contribution in [3.63, 3.8) is 0 Å². The zero-order valence-corrected chi connectivity index (χ0v) is 13.2. The average molecular weight is 290 g/mol. The molecule has 1 aromatic rings. The molecule has 1 aliphatic rings. The van der Waals surface area contributed by atoms with Gasteiger partial charge >= 0.3 is 0 Å². The second-order valence-electron chi connectivity index (χ2n) is 5.91. The largest absolute Gasteiger partial charge is 0.497 e. The van der Waals surface area contributed by atoms with E-state index in [-0.39, 0.29) is 11.8 Å². The van der Waals surface area contributed by atoms with Crippen molar-refractivity contribution in [2.75, 3.05) is 20.2 Å². The number of aryl methyl sites for hydroxylation is 1. The van der Waals surface area contributed by atoms with Gasteiger partial charge in [0, 0.05) is 25.0 Å². The molecule has 0 fully saturated rings. The molecule has 0 saturated carbocycles. The number of benzene rings is 1. The van der Waals surface area contributed by atoms with E-state index < -0.39 is 0 Å². The molecule has 4 heteroatoms. The number of ether oxygens (including phenoxy) is 1. The first kappa shape index (κ1) is 15.8. The summed E-state index contributed by atoms with van der Waals surface area (Å²) in [5, 5.41) is 6.50. The number of fused-ring (bicyclic) bond motifs is 1. The zero-order valence-electron chi connectivity index (χ0n) is 13.2. The maximum Gasteiger partial charge on any atom is 0.222 e. The molecule has 1 atom stereocenters. The molecule has 4 nitrogen and oxygen atoms in total. The molecule has 1 aliphatic carbocycles. The minimum Gasteiger partial charge on any atom is -0.497 e. The summed E-state index contributed by atoms with van der Waals surface area (Å²) in [5.74, 6) is 1.09. The average Bonchev–Trinajstić information content (AvgIpc) is 2.50. The highest BCUT2D eigenvalue weighted by Gasteiger charge is 2.20. The Morgan fingerprint density at radius 1 is 1.38 bits per heavy atom. The van der Waals surface area contributed by atoms with Crippen molar-refractivity contribution in [3.8, 4) is 5.75 Å². The lowest BCUT2D eigenvalue weighted by Crippen LogP contribution is -2.36. The van der Waals surface area contributed by atoms with E-state index >= 15 is 0 Å². The molecule has 0 spiro atoms. The Morgan fingerprint density at radius 2 is 2.19 bits per heavy atom. The Hall–Kier alpha value is -1.55. The van der Waals surface area contributed by atoms with E-state index in [2.05, 4.69) is 22.8 Å². The third-order valence-electron chi connectivity index (χ3n) is 4.00. The number of hydrogen-bond donors (Lipinski definition) is 2. The van der Waals surface area contributed by atoms with Crippen LogP contribution < -0.4 is 15.4 Å². The van der Waals surface area contributed by atoms with Gasteiger partial charge in [-0.2, -0.15) is 0 Å². The molecule has 2 N–H and O–H groups in total. The van der Waals surface area contributed by atoms with Crippen molar-refractivity contribution < 1.29 is 9.53 Å². The van der Waals surface area contributed by atoms with E-state index in [1.165, 1.54) is 17.5 Å². The molecule has 0 saturated heterocycles. The molecule has 1 unspecified atom stereocenters. The molecule has 0 aromatic heterocycles. The number of hydrogen-bond acceptors (Lipinski definition) is 3. The van der Waals surface area contributed by atoms with Crippen molar-refractivity contribution in [3.05, 3.63) is 29.3 Å². The monoisotopic (exact) mass is 290 g/mol. The molecule has 1 amide bonds. The first-order valence-corrected chi connectivity index (χ1v) is 7.79. The van der Waals surface area contributed by atoms with Crippen LogP contribution in [0.25, 0.3) is 0 Å². The van der Waals surface area contributed by atoms with E-state index in [1.807, 2.05) is 19.9 Å². The SMILES string of the molecule is COc1ccc2c(c1)CCCC2NCCNC(=O)C(C)C. The van der Waals surface area contributed by atoms with Crippen molar-refractivity contribution in [1.29, 1.82) is 0 Å². The molecule has 2 rings (SSSR count). The van der Waals surface area contributed by atoms with E-state index in [0.29, 0.717) is 12.6 Å². The van der Waals surface area contributed by atoms with Crippen LogP contribution in [0.2, 0.25) is 0 Å². The number of amides is 1. The number of methoxy groups -OCH3 is 1. The zero-order chi connectivity index (χ0) is 15.2. The topological polar surface area (TPSA) is 50.4 Å². The standard InChI is InChI=1S/C17H26N2O2/c1-12(2)17(20)19-10-9-18-16-6-4-5-13-11-14(21-3)7-8-15(13)16/h7-8,11-12,16,18H,4-6,9-10H2,1-3H3,(H,19,20). The Balaban J connectivity index is 1.87. The lowest BCUT2D eigenvalue weighted by atomic mass is 9.87. The van der Waals surface area contributed by atoms with Crippen LogP contribution >= 0.6 is 0 Å². The fourth-order valence-electron chi connectivity index (χ4n) is 2.77. The third kappa shape index (κ3) is 4.21. The molecule has 0 bridgehead atoms. The van der Waals surface area contributed by atoms with Gasteiger partial charge in [0.1, 0.15) is 5.75 Å². The highest BCUT2D eigenvalue weighted by atomic mass is 16.5. The summed E-state index contributed by atoms with van der Waals surface area (Å²) in [7, 11) is 1.71. The minimum atomic E-state index is 0.0490. The van der Waals surface area contributed by atoms with Gasteiger partial charge in [-0.1, -0.05) is 19.9 Å². The van der Waals surface area contributed by atoms with Gasteiger partial charge in [0.2, 0.25) is 5.91 Å². The quantitative estimate of drug-likeness (QED) is 0.791. The predicted molar refractivity (Wildman–Crippen MR) is 84.5 cm³/mol. The van der Waals surface area contributed by atoms with Gasteiger partial charge in [0.15, 0.2) is 0 Å². The molecule has 21 heavy (non-hydrogen) atoms. The number of rotatable bonds is 6. The van der Waals surface area contributed by atoms with Crippen LogP contribution in [-0.2, 0) is 11.2 Å². The van der Waals surface area contributed by atoms with Crippen molar-refractivity contribution in [2.45, 2.75) is 39.2 Å². The van der Waals surface area contributed by atoms with Crippen molar-refractivity contribution >= 4 is 5.91 Å². The van der Waals surface area contributed by atoms with Gasteiger partial charge in [-0.05, 0) is 42.5 Å². The van der Waals surface area contributed by atoms with Crippen LogP contribution in [0.15, 0.2) is 18.2 Å². The van der Waals surface area contributed by atoms with Crippen LogP contribution in [0.5, 0.6) is 5.75 Å². The van der Waals surface area contributed by atoms with Crippen LogP contribution in [-0.4, -0.2) is 26.1 Å². The second-order valence-corrected chi connectivity index (χ2v) is 5.91. The smallest absolute Gasteiger partial charge is 0.222 e. The van der Waals surface area contributed by atoms with Crippen molar-refractivity contribution in [2.24, 2.45) is 5.92 Å². The first-order chi connectivity index (χ1) is 10.1. The lowest BCUT2D eigenvalue weighted by molar-refractivity contribution is -0.123. The minimum absolute atomic E-state index is 0.0490. The molecular formula is C17H26N2O2. The summed E-state index contributed by atoms with van der Waals surface area (Å²) in [4.78, 5) is 11.5. The number of nitrogens with one attached hydrogen (secondary N) is 2. The normalized spacial score (nSPS) is 17.4. The Kier molecular flexibility index (Phi) is 5.62. The molecule has 0 aliphatic heterocycles. The first-order valence-electron chi connectivity index (χ1n) is 7.79. The fourth-order valence-corrected chi connectivity index (χ4v) is 2.77. The Morgan fingerprint density at radius 3 is 2.90 bits per heavy atom. The van der Waals surface area contributed by atoms with Gasteiger partial charge in [-0.3, -0.25) is 4.79 Å². The van der Waals surface area contributed by atoms with E-state index in [9.17, 15) is 4.79 Å².